The highest BCUT2D eigenvalue weighted by molar-refractivity contribution is 5.80. The molecule has 176 valence electrons. The number of hydrogen-bond donors (Lipinski definition) is 3. The number of fused-ring (bicyclic) bond motifs is 3. The Morgan fingerprint density at radius 2 is 1.61 bits per heavy atom. The molecular weight excluding hydrogens is 420 g/mol. The summed E-state index contributed by atoms with van der Waals surface area (Å²) < 4.78 is 5.57. The molecule has 3 N–H and O–H groups in total. The van der Waals surface area contributed by atoms with E-state index in [0.29, 0.717) is 13.0 Å². The summed E-state index contributed by atoms with van der Waals surface area (Å²) in [5, 5.41) is 14.3. The fourth-order valence-electron chi connectivity index (χ4n) is 4.18. The van der Waals surface area contributed by atoms with Crippen molar-refractivity contribution in [1.29, 1.82) is 0 Å². The molecule has 0 radical (unpaired) electrons. The van der Waals surface area contributed by atoms with Gasteiger partial charge in [-0.05, 0) is 48.4 Å². The largest absolute Gasteiger partial charge is 0.481 e. The SMILES string of the molecule is CC(CCC(=O)O)CNC(=O)CC(C)(C)NC(=O)OCC1c2ccccc2-c2ccccc21. The molecule has 1 aliphatic rings. The molecule has 0 saturated carbocycles. The standard InChI is InChI=1S/C26H32N2O5/c1-17(12-13-24(30)31)15-27-23(29)14-26(2,3)28-25(32)33-16-22-20-10-6-4-8-18(20)19-9-5-7-11-21(19)22/h4-11,17,22H,12-16H2,1-3H3,(H,27,29)(H,28,32)(H,30,31). The number of aliphatic carboxylic acids is 1. The van der Waals surface area contributed by atoms with E-state index in [0.717, 1.165) is 22.3 Å². The van der Waals surface area contributed by atoms with Crippen molar-refractivity contribution in [3.63, 3.8) is 0 Å². The van der Waals surface area contributed by atoms with Crippen molar-refractivity contribution >= 4 is 18.0 Å². The van der Waals surface area contributed by atoms with E-state index in [1.165, 1.54) is 0 Å². The number of carboxylic acids is 1. The molecule has 2 aromatic carbocycles. The fraction of sp³-hybridized carbons (Fsp3) is 0.423. The van der Waals surface area contributed by atoms with E-state index in [4.69, 9.17) is 9.84 Å². The molecule has 1 aliphatic carbocycles. The van der Waals surface area contributed by atoms with Gasteiger partial charge < -0.3 is 20.5 Å². The highest BCUT2D eigenvalue weighted by atomic mass is 16.5. The van der Waals surface area contributed by atoms with E-state index in [1.54, 1.807) is 13.8 Å². The number of carbonyl (C=O) groups is 3. The van der Waals surface area contributed by atoms with Gasteiger partial charge >= 0.3 is 12.1 Å². The van der Waals surface area contributed by atoms with Gasteiger partial charge in [0, 0.05) is 30.8 Å². The number of benzene rings is 2. The van der Waals surface area contributed by atoms with E-state index in [1.807, 2.05) is 31.2 Å². The maximum atomic E-state index is 12.5. The summed E-state index contributed by atoms with van der Waals surface area (Å²) in [4.78, 5) is 35.5. The van der Waals surface area contributed by atoms with Gasteiger partial charge in [-0.25, -0.2) is 4.79 Å². The van der Waals surface area contributed by atoms with Crippen LogP contribution in [-0.2, 0) is 14.3 Å². The molecular formula is C26H32N2O5. The van der Waals surface area contributed by atoms with Crippen molar-refractivity contribution in [3.8, 4) is 11.1 Å². The molecule has 7 heteroatoms. The number of alkyl carbamates (subject to hydrolysis) is 1. The smallest absolute Gasteiger partial charge is 0.407 e. The maximum Gasteiger partial charge on any atom is 0.407 e. The van der Waals surface area contributed by atoms with Crippen LogP contribution in [0.1, 0.15) is 57.1 Å². The first-order valence-electron chi connectivity index (χ1n) is 11.3. The molecule has 7 nitrogen and oxygen atoms in total. The van der Waals surface area contributed by atoms with Crippen molar-refractivity contribution in [2.24, 2.45) is 5.92 Å². The Balaban J connectivity index is 1.49. The fourth-order valence-corrected chi connectivity index (χ4v) is 4.18. The first-order chi connectivity index (χ1) is 15.7. The number of ether oxygens (including phenoxy) is 1. The maximum absolute atomic E-state index is 12.5. The summed E-state index contributed by atoms with van der Waals surface area (Å²) in [6.07, 6.45) is 0.0932. The van der Waals surface area contributed by atoms with Crippen LogP contribution in [-0.4, -0.2) is 41.8 Å². The second-order valence-electron chi connectivity index (χ2n) is 9.35. The molecule has 0 bridgehead atoms. The average molecular weight is 453 g/mol. The molecule has 0 spiro atoms. The number of rotatable bonds is 10. The lowest BCUT2D eigenvalue weighted by Gasteiger charge is -2.26. The van der Waals surface area contributed by atoms with Crippen molar-refractivity contribution in [1.82, 2.24) is 10.6 Å². The van der Waals surface area contributed by atoms with E-state index in [-0.39, 0.29) is 37.2 Å². The zero-order chi connectivity index (χ0) is 24.0. The molecule has 0 aliphatic heterocycles. The molecule has 2 amide bonds. The van der Waals surface area contributed by atoms with Gasteiger partial charge in [-0.2, -0.15) is 0 Å². The molecule has 1 unspecified atom stereocenters. The van der Waals surface area contributed by atoms with E-state index < -0.39 is 17.6 Å². The van der Waals surface area contributed by atoms with E-state index >= 15 is 0 Å². The average Bonchev–Trinajstić information content (AvgIpc) is 3.08. The van der Waals surface area contributed by atoms with Crippen LogP contribution >= 0.6 is 0 Å². The predicted molar refractivity (Wildman–Crippen MR) is 126 cm³/mol. The Labute approximate surface area is 194 Å². The topological polar surface area (TPSA) is 105 Å². The Bertz CT molecular complexity index is 972. The van der Waals surface area contributed by atoms with Crippen LogP contribution in [0.15, 0.2) is 48.5 Å². The lowest BCUT2D eigenvalue weighted by molar-refractivity contribution is -0.137. The normalized spacial score (nSPS) is 13.5. The third-order valence-electron chi connectivity index (χ3n) is 5.89. The Hall–Kier alpha value is -3.35. The van der Waals surface area contributed by atoms with Gasteiger partial charge in [0.15, 0.2) is 0 Å². The van der Waals surface area contributed by atoms with Gasteiger partial charge in [0.2, 0.25) is 5.91 Å². The summed E-state index contributed by atoms with van der Waals surface area (Å²) >= 11 is 0. The Morgan fingerprint density at radius 3 is 2.18 bits per heavy atom. The van der Waals surface area contributed by atoms with Crippen molar-refractivity contribution < 1.29 is 24.2 Å². The molecule has 0 aromatic heterocycles. The first kappa shape index (κ1) is 24.3. The highest BCUT2D eigenvalue weighted by Gasteiger charge is 2.30. The third kappa shape index (κ3) is 6.57. The minimum Gasteiger partial charge on any atom is -0.481 e. The third-order valence-corrected chi connectivity index (χ3v) is 5.89. The lowest BCUT2D eigenvalue weighted by Crippen LogP contribution is -2.47. The molecule has 1 atom stereocenters. The van der Waals surface area contributed by atoms with Crippen LogP contribution in [0.25, 0.3) is 11.1 Å². The van der Waals surface area contributed by atoms with Crippen molar-refractivity contribution in [2.75, 3.05) is 13.2 Å². The quantitative estimate of drug-likeness (QED) is 0.498. The lowest BCUT2D eigenvalue weighted by atomic mass is 9.98. The number of hydrogen-bond acceptors (Lipinski definition) is 4. The van der Waals surface area contributed by atoms with Crippen LogP contribution < -0.4 is 10.6 Å². The van der Waals surface area contributed by atoms with Gasteiger partial charge in [0.1, 0.15) is 6.61 Å². The zero-order valence-electron chi connectivity index (χ0n) is 19.4. The highest BCUT2D eigenvalue weighted by Crippen LogP contribution is 2.44. The second kappa shape index (κ2) is 10.5. The summed E-state index contributed by atoms with van der Waals surface area (Å²) in [5.74, 6) is -1.02. The van der Waals surface area contributed by atoms with Crippen LogP contribution in [0.3, 0.4) is 0 Å². The van der Waals surface area contributed by atoms with Gasteiger partial charge in [-0.3, -0.25) is 9.59 Å². The minimum atomic E-state index is -0.846. The first-order valence-corrected chi connectivity index (χ1v) is 11.3. The van der Waals surface area contributed by atoms with E-state index in [2.05, 4.69) is 34.9 Å². The van der Waals surface area contributed by atoms with Gasteiger partial charge in [-0.1, -0.05) is 55.5 Å². The molecule has 0 fully saturated rings. The van der Waals surface area contributed by atoms with Crippen molar-refractivity contribution in [3.05, 3.63) is 59.7 Å². The molecule has 0 saturated heterocycles. The molecule has 0 heterocycles. The molecule has 2 aromatic rings. The molecule has 3 rings (SSSR count). The van der Waals surface area contributed by atoms with Gasteiger partial charge in [-0.15, -0.1) is 0 Å². The van der Waals surface area contributed by atoms with Crippen LogP contribution in [0.4, 0.5) is 4.79 Å². The minimum absolute atomic E-state index is 0.0261. The van der Waals surface area contributed by atoms with Gasteiger partial charge in [0.25, 0.3) is 0 Å². The van der Waals surface area contributed by atoms with Crippen molar-refractivity contribution in [2.45, 2.75) is 51.5 Å². The predicted octanol–water partition coefficient (Wildman–Crippen LogP) is 4.31. The number of nitrogens with one attached hydrogen (secondary N) is 2. The summed E-state index contributed by atoms with van der Waals surface area (Å²) in [6, 6.07) is 16.3. The van der Waals surface area contributed by atoms with Gasteiger partial charge in [0.05, 0.1) is 0 Å². The Morgan fingerprint density at radius 1 is 1.03 bits per heavy atom. The monoisotopic (exact) mass is 452 g/mol. The second-order valence-corrected chi connectivity index (χ2v) is 9.35. The summed E-state index contributed by atoms with van der Waals surface area (Å²) in [6.45, 7) is 6.03. The number of carboxylic acid groups (broad SMARTS) is 1. The van der Waals surface area contributed by atoms with Crippen LogP contribution in [0.2, 0.25) is 0 Å². The zero-order valence-corrected chi connectivity index (χ0v) is 19.4. The van der Waals surface area contributed by atoms with E-state index in [9.17, 15) is 14.4 Å². The number of amides is 2. The molecule has 33 heavy (non-hydrogen) atoms. The summed E-state index contributed by atoms with van der Waals surface area (Å²) in [7, 11) is 0. The Kier molecular flexibility index (Phi) is 7.74. The number of carbonyl (C=O) groups excluding carboxylic acids is 2. The van der Waals surface area contributed by atoms with Crippen LogP contribution in [0, 0.1) is 5.92 Å². The summed E-state index contributed by atoms with van der Waals surface area (Å²) in [5.41, 5.74) is 3.81. The van der Waals surface area contributed by atoms with Crippen LogP contribution in [0.5, 0.6) is 0 Å².